The highest BCUT2D eigenvalue weighted by Crippen LogP contribution is 2.31. The number of hydrogen-bond acceptors (Lipinski definition) is 7. The van der Waals surface area contributed by atoms with E-state index in [4.69, 9.17) is 20.8 Å². The van der Waals surface area contributed by atoms with E-state index in [-0.39, 0.29) is 11.5 Å². The van der Waals surface area contributed by atoms with Gasteiger partial charge in [0.1, 0.15) is 11.5 Å². The number of ether oxygens (including phenoxy) is 1. The fourth-order valence-electron chi connectivity index (χ4n) is 4.92. The van der Waals surface area contributed by atoms with Gasteiger partial charge in [-0.2, -0.15) is 0 Å². The summed E-state index contributed by atoms with van der Waals surface area (Å²) in [5.74, 6) is 0.174. The molecule has 1 N–H and O–H groups in total. The number of aromatic nitrogens is 1. The molecule has 0 bridgehead atoms. The van der Waals surface area contributed by atoms with Gasteiger partial charge in [-0.3, -0.25) is 14.2 Å². The van der Waals surface area contributed by atoms with E-state index in [1.807, 2.05) is 24.3 Å². The van der Waals surface area contributed by atoms with E-state index < -0.39 is 12.0 Å². The summed E-state index contributed by atoms with van der Waals surface area (Å²) in [6.07, 6.45) is 1.65. The number of methoxy groups -OCH3 is 1. The Bertz CT molecular complexity index is 2070. The van der Waals surface area contributed by atoms with Gasteiger partial charge in [-0.15, -0.1) is 0 Å². The highest BCUT2D eigenvalue weighted by atomic mass is 35.5. The number of allylic oxidation sites excluding steroid dienone is 1. The summed E-state index contributed by atoms with van der Waals surface area (Å²) in [5, 5.41) is 3.48. The molecule has 3 aromatic carbocycles. The van der Waals surface area contributed by atoms with Crippen LogP contribution in [0.15, 0.2) is 116 Å². The zero-order valence-electron chi connectivity index (χ0n) is 23.0. The summed E-state index contributed by atoms with van der Waals surface area (Å²) in [7, 11) is 1.33. The Hall–Kier alpha value is -4.99. The molecule has 1 atom stereocenters. The lowest BCUT2D eigenvalue weighted by molar-refractivity contribution is -0.113. The maximum atomic E-state index is 13.9. The molecule has 10 heteroatoms. The van der Waals surface area contributed by atoms with Crippen molar-refractivity contribution in [2.24, 2.45) is 4.99 Å². The largest absolute Gasteiger partial charge is 0.465 e. The van der Waals surface area contributed by atoms with E-state index in [0.717, 1.165) is 5.56 Å². The molecule has 1 aliphatic rings. The average molecular weight is 610 g/mol. The molecule has 5 aromatic rings. The number of anilines is 1. The van der Waals surface area contributed by atoms with Gasteiger partial charge in [0.2, 0.25) is 0 Å². The van der Waals surface area contributed by atoms with Gasteiger partial charge < -0.3 is 14.5 Å². The van der Waals surface area contributed by atoms with E-state index in [1.165, 1.54) is 23.0 Å². The molecule has 1 amide bonds. The number of amides is 1. The van der Waals surface area contributed by atoms with E-state index in [9.17, 15) is 14.4 Å². The Labute approximate surface area is 254 Å². The van der Waals surface area contributed by atoms with Gasteiger partial charge in [-0.05, 0) is 61.0 Å². The maximum Gasteiger partial charge on any atom is 0.337 e. The lowest BCUT2D eigenvalue weighted by Gasteiger charge is -2.25. The Kier molecular flexibility index (Phi) is 7.67. The summed E-state index contributed by atoms with van der Waals surface area (Å²) in [6.45, 7) is 1.77. The van der Waals surface area contributed by atoms with Crippen LogP contribution in [0.3, 0.4) is 0 Å². The van der Waals surface area contributed by atoms with Crippen LogP contribution >= 0.6 is 22.9 Å². The van der Waals surface area contributed by atoms with Crippen LogP contribution in [0.1, 0.15) is 34.6 Å². The van der Waals surface area contributed by atoms with Gasteiger partial charge in [-0.1, -0.05) is 65.4 Å². The monoisotopic (exact) mass is 609 g/mol. The van der Waals surface area contributed by atoms with Crippen molar-refractivity contribution < 1.29 is 18.7 Å². The number of fused-ring (bicyclic) bond motifs is 1. The Morgan fingerprint density at radius 3 is 2.53 bits per heavy atom. The number of hydrogen-bond donors (Lipinski definition) is 1. The Balaban J connectivity index is 1.42. The van der Waals surface area contributed by atoms with E-state index in [0.29, 0.717) is 54.0 Å². The first-order valence-electron chi connectivity index (χ1n) is 13.3. The number of benzene rings is 3. The second kappa shape index (κ2) is 11.7. The van der Waals surface area contributed by atoms with Crippen LogP contribution in [0.25, 0.3) is 17.4 Å². The van der Waals surface area contributed by atoms with Crippen LogP contribution in [0.2, 0.25) is 5.02 Å². The lowest BCUT2D eigenvalue weighted by atomic mass is 9.95. The summed E-state index contributed by atoms with van der Waals surface area (Å²) in [6, 6.07) is 25.9. The topological polar surface area (TPSA) is 103 Å². The van der Waals surface area contributed by atoms with Gasteiger partial charge in [0.15, 0.2) is 4.80 Å². The zero-order valence-corrected chi connectivity index (χ0v) is 24.6. The van der Waals surface area contributed by atoms with Crippen molar-refractivity contribution in [2.75, 3.05) is 12.4 Å². The number of carbonyl (C=O) groups is 2. The first-order chi connectivity index (χ1) is 20.8. The number of para-hydroxylation sites is 1. The normalized spacial score (nSPS) is 14.7. The third-order valence-corrected chi connectivity index (χ3v) is 8.19. The summed E-state index contributed by atoms with van der Waals surface area (Å²) >= 11 is 7.38. The number of thiazole rings is 1. The van der Waals surface area contributed by atoms with Crippen molar-refractivity contribution in [3.05, 3.63) is 144 Å². The molecule has 2 aromatic heterocycles. The molecule has 214 valence electrons. The SMILES string of the molecule is COC(=O)c1cccc(-c2ccc(/C=c3\sc4n(c3=O)C(c3ccc(Cl)cc3)C(C(=O)Nc3ccccc3)=C(C)N=4)o2)c1. The van der Waals surface area contributed by atoms with Crippen molar-refractivity contribution >= 4 is 46.6 Å². The smallest absolute Gasteiger partial charge is 0.337 e. The van der Waals surface area contributed by atoms with Crippen LogP contribution in [-0.4, -0.2) is 23.6 Å². The van der Waals surface area contributed by atoms with Crippen LogP contribution in [-0.2, 0) is 9.53 Å². The Morgan fingerprint density at radius 1 is 1.02 bits per heavy atom. The number of carbonyl (C=O) groups excluding carboxylic acids is 2. The molecule has 6 rings (SSSR count). The molecular formula is C33H24ClN3O5S. The lowest BCUT2D eigenvalue weighted by Crippen LogP contribution is -2.40. The quantitative estimate of drug-likeness (QED) is 0.253. The van der Waals surface area contributed by atoms with Crippen LogP contribution in [0, 0.1) is 0 Å². The average Bonchev–Trinajstić information content (AvgIpc) is 3.61. The van der Waals surface area contributed by atoms with Crippen molar-refractivity contribution in [1.82, 2.24) is 4.57 Å². The molecule has 1 aliphatic heterocycles. The molecular weight excluding hydrogens is 586 g/mol. The van der Waals surface area contributed by atoms with Crippen molar-refractivity contribution in [2.45, 2.75) is 13.0 Å². The molecule has 0 saturated carbocycles. The molecule has 0 spiro atoms. The minimum absolute atomic E-state index is 0.313. The van der Waals surface area contributed by atoms with Gasteiger partial charge in [0.05, 0.1) is 34.5 Å². The van der Waals surface area contributed by atoms with Gasteiger partial charge >= 0.3 is 5.97 Å². The standard InChI is InChI=1S/C33H24ClN3O5S/c1-19-28(30(38)36-24-9-4-3-5-10-24)29(20-11-13-23(34)14-12-20)37-31(39)27(43-33(37)35-19)18-25-15-16-26(42-25)21-7-6-8-22(17-21)32(40)41-2/h3-18,29H,1-2H3,(H,36,38)/b27-18-. The van der Waals surface area contributed by atoms with Crippen LogP contribution in [0.5, 0.6) is 0 Å². The molecule has 0 saturated heterocycles. The minimum Gasteiger partial charge on any atom is -0.465 e. The molecule has 0 radical (unpaired) electrons. The predicted octanol–water partition coefficient (Wildman–Crippen LogP) is 5.57. The fourth-order valence-corrected chi connectivity index (χ4v) is 6.08. The van der Waals surface area contributed by atoms with Crippen molar-refractivity contribution in [1.29, 1.82) is 0 Å². The number of furan rings is 1. The van der Waals surface area contributed by atoms with Gasteiger partial charge in [0.25, 0.3) is 11.5 Å². The third-order valence-electron chi connectivity index (χ3n) is 6.95. The molecule has 43 heavy (non-hydrogen) atoms. The second-order valence-corrected chi connectivity index (χ2v) is 11.2. The minimum atomic E-state index is -0.729. The predicted molar refractivity (Wildman–Crippen MR) is 166 cm³/mol. The van der Waals surface area contributed by atoms with E-state index >= 15 is 0 Å². The number of nitrogens with one attached hydrogen (secondary N) is 1. The van der Waals surface area contributed by atoms with Crippen molar-refractivity contribution in [3.63, 3.8) is 0 Å². The number of esters is 1. The van der Waals surface area contributed by atoms with Crippen molar-refractivity contribution in [3.8, 4) is 11.3 Å². The third kappa shape index (κ3) is 5.60. The number of rotatable bonds is 6. The second-order valence-electron chi connectivity index (χ2n) is 9.73. The molecule has 0 aliphatic carbocycles. The highest BCUT2D eigenvalue weighted by molar-refractivity contribution is 7.07. The maximum absolute atomic E-state index is 13.9. The summed E-state index contributed by atoms with van der Waals surface area (Å²) in [5.41, 5.74) is 2.99. The first-order valence-corrected chi connectivity index (χ1v) is 14.4. The Morgan fingerprint density at radius 2 is 1.79 bits per heavy atom. The van der Waals surface area contributed by atoms with Gasteiger partial charge in [-0.25, -0.2) is 9.79 Å². The van der Waals surface area contributed by atoms with Crippen LogP contribution in [0.4, 0.5) is 5.69 Å². The van der Waals surface area contributed by atoms with E-state index in [1.54, 1.807) is 79.7 Å². The molecule has 0 fully saturated rings. The first kappa shape index (κ1) is 28.1. The summed E-state index contributed by atoms with van der Waals surface area (Å²) in [4.78, 5) is 44.7. The van der Waals surface area contributed by atoms with E-state index in [2.05, 4.69) is 10.3 Å². The fraction of sp³-hybridized carbons (Fsp3) is 0.0909. The molecule has 1 unspecified atom stereocenters. The zero-order chi connectivity index (χ0) is 30.1. The van der Waals surface area contributed by atoms with Gasteiger partial charge in [0, 0.05) is 22.3 Å². The highest BCUT2D eigenvalue weighted by Gasteiger charge is 2.32. The number of nitrogens with zero attached hydrogens (tertiary/aromatic N) is 2. The number of halogens is 1. The summed E-state index contributed by atoms with van der Waals surface area (Å²) < 4.78 is 12.8. The van der Waals surface area contributed by atoms with Crippen LogP contribution < -0.4 is 20.2 Å². The molecule has 3 heterocycles. The molecule has 8 nitrogen and oxygen atoms in total.